The lowest BCUT2D eigenvalue weighted by atomic mass is 9.87. The number of amides is 3. The molecule has 1 N–H and O–H groups in total. The minimum Gasteiger partial charge on any atom is -0.548 e. The van der Waals surface area contributed by atoms with Crippen LogP contribution in [0.5, 0.6) is 0 Å². The number of para-hydroxylation sites is 1. The van der Waals surface area contributed by atoms with Crippen molar-refractivity contribution in [2.24, 2.45) is 0 Å². The van der Waals surface area contributed by atoms with E-state index in [0.29, 0.717) is 18.7 Å². The van der Waals surface area contributed by atoms with Crippen molar-refractivity contribution in [1.82, 2.24) is 14.8 Å². The number of urea groups is 1. The van der Waals surface area contributed by atoms with E-state index in [9.17, 15) is 19.5 Å². The van der Waals surface area contributed by atoms with Gasteiger partial charge in [0.2, 0.25) is 0 Å². The molecule has 4 rings (SSSR count). The molecule has 0 unspecified atom stereocenters. The molecule has 0 aliphatic carbocycles. The molecule has 7 heteroatoms. The largest absolute Gasteiger partial charge is 0.548 e. The van der Waals surface area contributed by atoms with Crippen LogP contribution < -0.4 is 5.11 Å². The Balaban J connectivity index is 1.91. The average molecular weight is 326 g/mol. The Morgan fingerprint density at radius 1 is 1.33 bits per heavy atom. The molecule has 1 fully saturated rings. The van der Waals surface area contributed by atoms with E-state index in [1.54, 1.807) is 6.92 Å². The fourth-order valence-electron chi connectivity index (χ4n) is 3.87. The Labute approximate surface area is 137 Å². The topological polar surface area (TPSA) is 96.5 Å². The van der Waals surface area contributed by atoms with Crippen molar-refractivity contribution in [3.05, 3.63) is 35.5 Å². The zero-order valence-corrected chi connectivity index (χ0v) is 13.3. The maximum atomic E-state index is 13.0. The fraction of sp³-hybridized carbons (Fsp3) is 0.353. The number of imide groups is 1. The first kappa shape index (κ1) is 14.7. The lowest BCUT2D eigenvalue weighted by Gasteiger charge is -2.36. The standard InChI is InChI=1S/C17H17N3O4/c1-9(14(21)22)20-15(23)17(2)13-11(7-8-19(17)16(20)24)10-5-3-4-6-12(10)18-13/h3-6,9,18H,7-8H2,1-2H3,(H,21,22)/p-1/t9-,17+/m0/s1. The van der Waals surface area contributed by atoms with Crippen LogP contribution in [-0.4, -0.2) is 45.3 Å². The van der Waals surface area contributed by atoms with E-state index in [2.05, 4.69) is 4.98 Å². The molecule has 1 aromatic heterocycles. The Hall–Kier alpha value is -2.83. The second-order valence-corrected chi connectivity index (χ2v) is 6.45. The third kappa shape index (κ3) is 1.59. The smallest absolute Gasteiger partial charge is 0.328 e. The first-order chi connectivity index (χ1) is 11.4. The number of carboxylic acid groups (broad SMARTS) is 1. The van der Waals surface area contributed by atoms with Crippen LogP contribution in [-0.2, 0) is 21.5 Å². The fourth-order valence-corrected chi connectivity index (χ4v) is 3.87. The monoisotopic (exact) mass is 326 g/mol. The van der Waals surface area contributed by atoms with E-state index < -0.39 is 29.5 Å². The molecule has 3 amide bonds. The lowest BCUT2D eigenvalue weighted by Crippen LogP contribution is -2.50. The van der Waals surface area contributed by atoms with Gasteiger partial charge >= 0.3 is 6.03 Å². The molecule has 3 heterocycles. The van der Waals surface area contributed by atoms with Crippen LogP contribution in [0.2, 0.25) is 0 Å². The molecule has 7 nitrogen and oxygen atoms in total. The molecular formula is C17H16N3O4-. The van der Waals surface area contributed by atoms with Crippen molar-refractivity contribution < 1.29 is 19.5 Å². The van der Waals surface area contributed by atoms with Crippen molar-refractivity contribution in [2.45, 2.75) is 31.8 Å². The molecular weight excluding hydrogens is 310 g/mol. The average Bonchev–Trinajstić information content (AvgIpc) is 3.02. The molecule has 2 aliphatic rings. The molecule has 0 radical (unpaired) electrons. The van der Waals surface area contributed by atoms with Crippen LogP contribution >= 0.6 is 0 Å². The van der Waals surface area contributed by atoms with Crippen LogP contribution in [0.3, 0.4) is 0 Å². The second kappa shape index (κ2) is 4.59. The summed E-state index contributed by atoms with van der Waals surface area (Å²) in [6.45, 7) is 3.33. The number of carbonyl (C=O) groups is 3. The van der Waals surface area contributed by atoms with E-state index in [1.807, 2.05) is 24.3 Å². The maximum Gasteiger partial charge on any atom is 0.328 e. The quantitative estimate of drug-likeness (QED) is 0.805. The summed E-state index contributed by atoms with van der Waals surface area (Å²) >= 11 is 0. The minimum atomic E-state index is -1.45. The van der Waals surface area contributed by atoms with Crippen LogP contribution in [0.25, 0.3) is 10.9 Å². The van der Waals surface area contributed by atoms with Crippen LogP contribution in [0.4, 0.5) is 4.79 Å². The number of rotatable bonds is 2. The van der Waals surface area contributed by atoms with Gasteiger partial charge in [0.05, 0.1) is 17.7 Å². The van der Waals surface area contributed by atoms with Gasteiger partial charge in [-0.25, -0.2) is 4.79 Å². The molecule has 1 aromatic carbocycles. The number of carboxylic acids is 1. The molecule has 0 spiro atoms. The van der Waals surface area contributed by atoms with Crippen LogP contribution in [0.15, 0.2) is 24.3 Å². The van der Waals surface area contributed by atoms with Crippen molar-refractivity contribution >= 4 is 28.8 Å². The highest BCUT2D eigenvalue weighted by atomic mass is 16.4. The number of aromatic amines is 1. The van der Waals surface area contributed by atoms with Gasteiger partial charge in [0, 0.05) is 17.4 Å². The molecule has 124 valence electrons. The Bertz CT molecular complexity index is 902. The number of hydrogen-bond donors (Lipinski definition) is 1. The molecule has 0 saturated carbocycles. The Kier molecular flexibility index (Phi) is 2.82. The number of carbonyl (C=O) groups excluding carboxylic acids is 3. The number of hydrogen-bond acceptors (Lipinski definition) is 4. The van der Waals surface area contributed by atoms with Gasteiger partial charge in [0.1, 0.15) is 0 Å². The number of H-pyrrole nitrogens is 1. The van der Waals surface area contributed by atoms with E-state index in [1.165, 1.54) is 11.8 Å². The normalized spacial score (nSPS) is 24.2. The SMILES string of the molecule is C[C@@H](C(=O)[O-])N1C(=O)N2CCc3c([nH]c4ccccc34)[C@]2(C)C1=O. The zero-order chi connectivity index (χ0) is 17.2. The van der Waals surface area contributed by atoms with Crippen LogP contribution in [0, 0.1) is 0 Å². The van der Waals surface area contributed by atoms with Gasteiger partial charge in [0.25, 0.3) is 5.91 Å². The highest BCUT2D eigenvalue weighted by Gasteiger charge is 2.59. The van der Waals surface area contributed by atoms with Crippen molar-refractivity contribution in [3.63, 3.8) is 0 Å². The first-order valence-corrected chi connectivity index (χ1v) is 7.83. The summed E-state index contributed by atoms with van der Waals surface area (Å²) < 4.78 is 0. The van der Waals surface area contributed by atoms with E-state index in [-0.39, 0.29) is 0 Å². The number of nitrogens with one attached hydrogen (secondary N) is 1. The van der Waals surface area contributed by atoms with E-state index in [4.69, 9.17) is 0 Å². The molecule has 0 bridgehead atoms. The van der Waals surface area contributed by atoms with Gasteiger partial charge in [0.15, 0.2) is 5.54 Å². The Morgan fingerprint density at radius 2 is 2.04 bits per heavy atom. The summed E-state index contributed by atoms with van der Waals surface area (Å²) in [4.78, 5) is 42.4. The van der Waals surface area contributed by atoms with Gasteiger partial charge in [-0.15, -0.1) is 0 Å². The number of nitrogens with zero attached hydrogens (tertiary/aromatic N) is 2. The second-order valence-electron chi connectivity index (χ2n) is 6.45. The van der Waals surface area contributed by atoms with Gasteiger partial charge in [-0.2, -0.15) is 0 Å². The molecule has 2 aliphatic heterocycles. The van der Waals surface area contributed by atoms with Crippen molar-refractivity contribution in [2.75, 3.05) is 6.54 Å². The van der Waals surface area contributed by atoms with Crippen LogP contribution in [0.1, 0.15) is 25.1 Å². The molecule has 2 aromatic rings. The van der Waals surface area contributed by atoms with Gasteiger partial charge in [-0.1, -0.05) is 18.2 Å². The predicted molar refractivity (Wildman–Crippen MR) is 82.8 cm³/mol. The zero-order valence-electron chi connectivity index (χ0n) is 13.3. The van der Waals surface area contributed by atoms with E-state index >= 15 is 0 Å². The van der Waals surface area contributed by atoms with E-state index in [0.717, 1.165) is 21.4 Å². The van der Waals surface area contributed by atoms with Gasteiger partial charge in [-0.05, 0) is 31.9 Å². The summed E-state index contributed by atoms with van der Waals surface area (Å²) in [5.74, 6) is -1.98. The first-order valence-electron chi connectivity index (χ1n) is 7.83. The minimum absolute atomic E-state index is 0.367. The summed E-state index contributed by atoms with van der Waals surface area (Å²) in [6.07, 6.45) is 0.613. The third-order valence-electron chi connectivity index (χ3n) is 5.23. The number of benzene rings is 1. The summed E-state index contributed by atoms with van der Waals surface area (Å²) in [5.41, 5.74) is 1.36. The summed E-state index contributed by atoms with van der Waals surface area (Å²) in [7, 11) is 0. The van der Waals surface area contributed by atoms with Crippen molar-refractivity contribution in [3.8, 4) is 0 Å². The highest BCUT2D eigenvalue weighted by molar-refractivity contribution is 6.10. The summed E-state index contributed by atoms with van der Waals surface area (Å²) in [6, 6.07) is 5.84. The highest BCUT2D eigenvalue weighted by Crippen LogP contribution is 2.44. The maximum absolute atomic E-state index is 13.0. The molecule has 1 saturated heterocycles. The predicted octanol–water partition coefficient (Wildman–Crippen LogP) is 0.342. The van der Waals surface area contributed by atoms with Crippen molar-refractivity contribution in [1.29, 1.82) is 0 Å². The number of aromatic nitrogens is 1. The van der Waals surface area contributed by atoms with Gasteiger partial charge in [-0.3, -0.25) is 9.69 Å². The number of fused-ring (bicyclic) bond motifs is 5. The Morgan fingerprint density at radius 3 is 2.75 bits per heavy atom. The molecule has 24 heavy (non-hydrogen) atoms. The lowest BCUT2D eigenvalue weighted by molar-refractivity contribution is -0.309. The molecule has 2 atom stereocenters. The summed E-state index contributed by atoms with van der Waals surface area (Å²) in [5, 5.41) is 12.2. The van der Waals surface area contributed by atoms with Gasteiger partial charge < -0.3 is 19.8 Å². The third-order valence-corrected chi connectivity index (χ3v) is 5.23. The number of aliphatic carboxylic acids is 1.